The molecule has 0 radical (unpaired) electrons. The number of hydrogen-bond donors (Lipinski definition) is 1. The van der Waals surface area contributed by atoms with Gasteiger partial charge in [0.2, 0.25) is 5.91 Å². The Balaban J connectivity index is 0.00000220. The Morgan fingerprint density at radius 2 is 1.95 bits per heavy atom. The molecular weight excluding hydrogens is 324 g/mol. The maximum atomic E-state index is 11.8. The number of carbonyl (C=O) groups excluding carboxylic acids is 2. The van der Waals surface area contributed by atoms with Gasteiger partial charge in [-0.15, -0.1) is 0 Å². The van der Waals surface area contributed by atoms with E-state index in [2.05, 4.69) is 5.32 Å². The second kappa shape index (κ2) is 7.84. The summed E-state index contributed by atoms with van der Waals surface area (Å²) >= 11 is 11.8. The molecule has 0 aliphatic heterocycles. The molecule has 1 aliphatic rings. The Labute approximate surface area is 155 Å². The van der Waals surface area contributed by atoms with Crippen LogP contribution in [0.1, 0.15) is 31.2 Å². The summed E-state index contributed by atoms with van der Waals surface area (Å²) in [5, 5.41) is 14.8. The van der Waals surface area contributed by atoms with Crippen LogP contribution >= 0.6 is 23.2 Å². The average Bonchev–Trinajstić information content (AvgIpc) is 2.32. The molecule has 1 fully saturated rings. The van der Waals surface area contributed by atoms with E-state index in [1.54, 1.807) is 18.2 Å². The number of rotatable bonds is 5. The number of carboxylic acid groups (broad SMARTS) is 1. The van der Waals surface area contributed by atoms with Crippen LogP contribution in [0, 0.1) is 5.41 Å². The van der Waals surface area contributed by atoms with Gasteiger partial charge in [-0.1, -0.05) is 35.7 Å². The number of carbonyl (C=O) groups is 2. The second-order valence-corrected chi connectivity index (χ2v) is 5.95. The first kappa shape index (κ1) is 18.8. The fourth-order valence-corrected chi connectivity index (χ4v) is 2.76. The largest absolute Gasteiger partial charge is 1.00 e. The molecule has 2 rings (SSSR count). The van der Waals surface area contributed by atoms with Gasteiger partial charge in [-0.3, -0.25) is 4.79 Å². The first-order valence-electron chi connectivity index (χ1n) is 6.35. The SMILES string of the molecule is O=C(CC1(C(=O)[O-])CCC1)NCc1ccc(Cl)cc1Cl.[Na+]. The summed E-state index contributed by atoms with van der Waals surface area (Å²) in [5.74, 6) is -1.44. The number of amides is 1. The van der Waals surface area contributed by atoms with Crippen LogP contribution in [0.5, 0.6) is 0 Å². The molecule has 1 amide bonds. The summed E-state index contributed by atoms with van der Waals surface area (Å²) in [7, 11) is 0. The Morgan fingerprint density at radius 3 is 2.43 bits per heavy atom. The Bertz CT molecular complexity index is 547. The molecule has 0 unspecified atom stereocenters. The molecule has 1 aliphatic carbocycles. The zero-order valence-electron chi connectivity index (χ0n) is 11.7. The molecule has 0 spiro atoms. The predicted octanol–water partition coefficient (Wildman–Crippen LogP) is -1.08. The minimum Gasteiger partial charge on any atom is -0.550 e. The van der Waals surface area contributed by atoms with E-state index in [-0.39, 0.29) is 48.4 Å². The van der Waals surface area contributed by atoms with Crippen LogP contribution in [0.15, 0.2) is 18.2 Å². The monoisotopic (exact) mass is 337 g/mol. The predicted molar refractivity (Wildman–Crippen MR) is 74.2 cm³/mol. The molecular formula is C14H14Cl2NNaO3. The smallest absolute Gasteiger partial charge is 0.550 e. The van der Waals surface area contributed by atoms with Gasteiger partial charge < -0.3 is 15.2 Å². The topological polar surface area (TPSA) is 69.2 Å². The van der Waals surface area contributed by atoms with Crippen molar-refractivity contribution in [3.05, 3.63) is 33.8 Å². The maximum absolute atomic E-state index is 11.8. The van der Waals surface area contributed by atoms with Gasteiger partial charge in [-0.05, 0) is 30.5 Å². The van der Waals surface area contributed by atoms with E-state index in [1.807, 2.05) is 0 Å². The quantitative estimate of drug-likeness (QED) is 0.695. The summed E-state index contributed by atoms with van der Waals surface area (Å²) in [6.45, 7) is 0.248. The molecule has 0 aromatic heterocycles. The first-order chi connectivity index (χ1) is 9.43. The third kappa shape index (κ3) is 4.60. The third-order valence-corrected chi connectivity index (χ3v) is 4.32. The second-order valence-electron chi connectivity index (χ2n) is 5.11. The van der Waals surface area contributed by atoms with Crippen molar-refractivity contribution in [2.24, 2.45) is 5.41 Å². The van der Waals surface area contributed by atoms with Gasteiger partial charge in [0, 0.05) is 34.4 Å². The third-order valence-electron chi connectivity index (χ3n) is 3.73. The van der Waals surface area contributed by atoms with E-state index in [0.717, 1.165) is 12.0 Å². The molecule has 1 saturated carbocycles. The minimum atomic E-state index is -1.14. The Hall–Kier alpha value is -0.260. The molecule has 0 atom stereocenters. The van der Waals surface area contributed by atoms with E-state index in [9.17, 15) is 14.7 Å². The van der Waals surface area contributed by atoms with Gasteiger partial charge >= 0.3 is 29.6 Å². The number of benzene rings is 1. The number of aliphatic carboxylic acids is 1. The van der Waals surface area contributed by atoms with Crippen LogP contribution in [0.25, 0.3) is 0 Å². The summed E-state index contributed by atoms with van der Waals surface area (Å²) in [4.78, 5) is 22.9. The van der Waals surface area contributed by atoms with Crippen molar-refractivity contribution in [2.45, 2.75) is 32.2 Å². The van der Waals surface area contributed by atoms with Crippen LogP contribution in [-0.4, -0.2) is 11.9 Å². The van der Waals surface area contributed by atoms with Crippen LogP contribution < -0.4 is 40.0 Å². The molecule has 1 N–H and O–H groups in total. The molecule has 0 saturated heterocycles. The number of hydrogen-bond acceptors (Lipinski definition) is 3. The van der Waals surface area contributed by atoms with Gasteiger partial charge in [0.05, 0.1) is 0 Å². The van der Waals surface area contributed by atoms with Gasteiger partial charge in [-0.2, -0.15) is 0 Å². The van der Waals surface area contributed by atoms with Gasteiger partial charge in [0.25, 0.3) is 0 Å². The van der Waals surface area contributed by atoms with Crippen molar-refractivity contribution in [1.29, 1.82) is 0 Å². The average molecular weight is 338 g/mol. The van der Waals surface area contributed by atoms with Crippen molar-refractivity contribution in [1.82, 2.24) is 5.32 Å². The van der Waals surface area contributed by atoms with E-state index < -0.39 is 11.4 Å². The Kier molecular flexibility index (Phi) is 7.01. The van der Waals surface area contributed by atoms with E-state index >= 15 is 0 Å². The normalized spacial score (nSPS) is 15.5. The number of nitrogens with one attached hydrogen (secondary N) is 1. The maximum Gasteiger partial charge on any atom is 1.00 e. The Morgan fingerprint density at radius 1 is 1.29 bits per heavy atom. The molecule has 0 bridgehead atoms. The molecule has 0 heterocycles. The van der Waals surface area contributed by atoms with Crippen LogP contribution in [0.4, 0.5) is 0 Å². The molecule has 21 heavy (non-hydrogen) atoms. The van der Waals surface area contributed by atoms with E-state index in [4.69, 9.17) is 23.2 Å². The summed E-state index contributed by atoms with van der Waals surface area (Å²) in [5.41, 5.74) is -0.242. The van der Waals surface area contributed by atoms with Crippen molar-refractivity contribution >= 4 is 35.1 Å². The van der Waals surface area contributed by atoms with E-state index in [1.165, 1.54) is 0 Å². The zero-order chi connectivity index (χ0) is 14.8. The van der Waals surface area contributed by atoms with Gasteiger partial charge in [-0.25, -0.2) is 0 Å². The van der Waals surface area contributed by atoms with E-state index in [0.29, 0.717) is 22.9 Å². The number of carboxylic acids is 1. The molecule has 4 nitrogen and oxygen atoms in total. The van der Waals surface area contributed by atoms with Crippen molar-refractivity contribution < 1.29 is 44.3 Å². The van der Waals surface area contributed by atoms with Gasteiger partial charge in [0.15, 0.2) is 0 Å². The van der Waals surface area contributed by atoms with Crippen molar-refractivity contribution in [3.63, 3.8) is 0 Å². The van der Waals surface area contributed by atoms with Crippen LogP contribution in [-0.2, 0) is 16.1 Å². The summed E-state index contributed by atoms with van der Waals surface area (Å²) < 4.78 is 0. The summed E-state index contributed by atoms with van der Waals surface area (Å²) in [6.07, 6.45) is 1.79. The standard InChI is InChI=1S/C14H15Cl2NO3.Na/c15-10-3-2-9(11(16)6-10)8-17-12(18)7-14(13(19)20)4-1-5-14;/h2-3,6H,1,4-5,7-8H2,(H,17,18)(H,19,20);/q;+1/p-1. The molecule has 108 valence electrons. The van der Waals surface area contributed by atoms with Crippen molar-refractivity contribution in [2.75, 3.05) is 0 Å². The first-order valence-corrected chi connectivity index (χ1v) is 7.11. The van der Waals surface area contributed by atoms with Crippen molar-refractivity contribution in [3.8, 4) is 0 Å². The minimum absolute atomic E-state index is 0. The fraction of sp³-hybridized carbons (Fsp3) is 0.429. The molecule has 1 aromatic carbocycles. The van der Waals surface area contributed by atoms with Crippen LogP contribution in [0.3, 0.4) is 0 Å². The number of halogens is 2. The van der Waals surface area contributed by atoms with Crippen LogP contribution in [0.2, 0.25) is 10.0 Å². The molecule has 1 aromatic rings. The fourth-order valence-electron chi connectivity index (χ4n) is 2.29. The van der Waals surface area contributed by atoms with Gasteiger partial charge in [0.1, 0.15) is 0 Å². The zero-order valence-corrected chi connectivity index (χ0v) is 15.3. The molecule has 7 heteroatoms. The summed E-state index contributed by atoms with van der Waals surface area (Å²) in [6, 6.07) is 5.01.